The SMILES string of the molecule is CC[C@H](NC(=O)COC(=O)c1cc2c(cc1[N+](=O)[O-])OCCO2)c1ccc(C)cc1. The molecule has 0 saturated carbocycles. The van der Waals surface area contributed by atoms with E-state index in [1.54, 1.807) is 0 Å². The Hall–Kier alpha value is -3.62. The number of nitro benzene ring substituents is 1. The highest BCUT2D eigenvalue weighted by atomic mass is 16.6. The van der Waals surface area contributed by atoms with Crippen LogP contribution in [-0.2, 0) is 9.53 Å². The molecule has 0 radical (unpaired) electrons. The molecular weight excluding hydrogens is 392 g/mol. The molecule has 2 aromatic rings. The molecule has 1 aliphatic rings. The maximum Gasteiger partial charge on any atom is 0.345 e. The molecule has 30 heavy (non-hydrogen) atoms. The van der Waals surface area contributed by atoms with Crippen LogP contribution in [0.3, 0.4) is 0 Å². The molecule has 3 rings (SSSR count). The Morgan fingerprint density at radius 3 is 2.40 bits per heavy atom. The third-order valence-corrected chi connectivity index (χ3v) is 4.63. The summed E-state index contributed by atoms with van der Waals surface area (Å²) in [4.78, 5) is 35.3. The standard InChI is InChI=1S/C21H22N2O7/c1-3-16(14-6-4-13(2)5-7-14)22-20(24)12-30-21(25)15-10-18-19(29-9-8-28-18)11-17(15)23(26)27/h4-7,10-11,16H,3,8-9,12H2,1-2H3,(H,22,24)/t16-/m0/s1. The molecule has 0 fully saturated rings. The number of benzene rings is 2. The first-order chi connectivity index (χ1) is 14.4. The highest BCUT2D eigenvalue weighted by Crippen LogP contribution is 2.36. The van der Waals surface area contributed by atoms with Crippen LogP contribution in [0.2, 0.25) is 0 Å². The summed E-state index contributed by atoms with van der Waals surface area (Å²) in [6.45, 7) is 3.86. The van der Waals surface area contributed by atoms with E-state index in [1.807, 2.05) is 38.1 Å². The molecular formula is C21H22N2O7. The number of esters is 1. The van der Waals surface area contributed by atoms with Gasteiger partial charge in [-0.05, 0) is 18.9 Å². The summed E-state index contributed by atoms with van der Waals surface area (Å²) >= 11 is 0. The highest BCUT2D eigenvalue weighted by Gasteiger charge is 2.28. The number of fused-ring (bicyclic) bond motifs is 1. The average molecular weight is 414 g/mol. The van der Waals surface area contributed by atoms with Crippen LogP contribution in [0.4, 0.5) is 5.69 Å². The van der Waals surface area contributed by atoms with Crippen molar-refractivity contribution in [1.29, 1.82) is 0 Å². The van der Waals surface area contributed by atoms with E-state index >= 15 is 0 Å². The molecule has 1 N–H and O–H groups in total. The number of rotatable bonds is 7. The number of nitrogens with one attached hydrogen (secondary N) is 1. The third kappa shape index (κ3) is 4.86. The molecule has 0 unspecified atom stereocenters. The van der Waals surface area contributed by atoms with Crippen LogP contribution in [-0.4, -0.2) is 36.6 Å². The van der Waals surface area contributed by atoms with Crippen molar-refractivity contribution in [2.75, 3.05) is 19.8 Å². The van der Waals surface area contributed by atoms with Crippen molar-refractivity contribution in [3.8, 4) is 11.5 Å². The van der Waals surface area contributed by atoms with E-state index in [9.17, 15) is 19.7 Å². The van der Waals surface area contributed by atoms with Gasteiger partial charge in [0.1, 0.15) is 18.8 Å². The van der Waals surface area contributed by atoms with Crippen molar-refractivity contribution in [3.05, 3.63) is 63.2 Å². The van der Waals surface area contributed by atoms with E-state index in [-0.39, 0.29) is 36.3 Å². The van der Waals surface area contributed by atoms with E-state index in [2.05, 4.69) is 5.32 Å². The fourth-order valence-electron chi connectivity index (χ4n) is 3.06. The Morgan fingerprint density at radius 2 is 1.80 bits per heavy atom. The number of nitrogens with zero attached hydrogens (tertiary/aromatic N) is 1. The maximum absolute atomic E-state index is 12.4. The molecule has 1 aliphatic heterocycles. The van der Waals surface area contributed by atoms with Gasteiger partial charge in [-0.1, -0.05) is 36.8 Å². The summed E-state index contributed by atoms with van der Waals surface area (Å²) in [6.07, 6.45) is 0.649. The van der Waals surface area contributed by atoms with Crippen molar-refractivity contribution in [2.24, 2.45) is 0 Å². The quantitative estimate of drug-likeness (QED) is 0.420. The lowest BCUT2D eigenvalue weighted by atomic mass is 10.0. The molecule has 2 aromatic carbocycles. The van der Waals surface area contributed by atoms with Crippen LogP contribution in [0, 0.1) is 17.0 Å². The molecule has 0 spiro atoms. The average Bonchev–Trinajstić information content (AvgIpc) is 2.75. The number of ether oxygens (including phenoxy) is 3. The summed E-state index contributed by atoms with van der Waals surface area (Å²) in [5.74, 6) is -1.09. The van der Waals surface area contributed by atoms with Gasteiger partial charge in [0.25, 0.3) is 11.6 Å². The van der Waals surface area contributed by atoms with Gasteiger partial charge in [0.15, 0.2) is 18.1 Å². The Kier molecular flexibility index (Phi) is 6.51. The Bertz CT molecular complexity index is 957. The predicted molar refractivity (Wildman–Crippen MR) is 107 cm³/mol. The zero-order valence-corrected chi connectivity index (χ0v) is 16.7. The van der Waals surface area contributed by atoms with E-state index < -0.39 is 29.1 Å². The predicted octanol–water partition coefficient (Wildman–Crippen LogP) is 3.10. The number of amides is 1. The largest absolute Gasteiger partial charge is 0.486 e. The molecule has 1 amide bonds. The molecule has 0 aromatic heterocycles. The van der Waals surface area contributed by atoms with E-state index in [0.717, 1.165) is 17.2 Å². The van der Waals surface area contributed by atoms with Gasteiger partial charge >= 0.3 is 5.97 Å². The maximum atomic E-state index is 12.4. The van der Waals surface area contributed by atoms with E-state index in [1.165, 1.54) is 6.07 Å². The van der Waals surface area contributed by atoms with Gasteiger partial charge in [-0.15, -0.1) is 0 Å². The second-order valence-electron chi connectivity index (χ2n) is 6.79. The second-order valence-corrected chi connectivity index (χ2v) is 6.79. The van der Waals surface area contributed by atoms with Crippen LogP contribution in [0.15, 0.2) is 36.4 Å². The zero-order valence-electron chi connectivity index (χ0n) is 16.7. The summed E-state index contributed by atoms with van der Waals surface area (Å²) in [7, 11) is 0. The molecule has 9 nitrogen and oxygen atoms in total. The first kappa shape index (κ1) is 21.1. The Morgan fingerprint density at radius 1 is 1.17 bits per heavy atom. The lowest BCUT2D eigenvalue weighted by Gasteiger charge is -2.19. The minimum atomic E-state index is -0.989. The summed E-state index contributed by atoms with van der Waals surface area (Å²) in [5.41, 5.74) is 1.26. The number of hydrogen-bond acceptors (Lipinski definition) is 7. The van der Waals surface area contributed by atoms with Gasteiger partial charge in [-0.25, -0.2) is 4.79 Å². The monoisotopic (exact) mass is 414 g/mol. The van der Waals surface area contributed by atoms with E-state index in [4.69, 9.17) is 14.2 Å². The van der Waals surface area contributed by atoms with Gasteiger partial charge in [0, 0.05) is 6.07 Å². The molecule has 1 atom stereocenters. The third-order valence-electron chi connectivity index (χ3n) is 4.63. The van der Waals surface area contributed by atoms with Gasteiger partial charge < -0.3 is 19.5 Å². The van der Waals surface area contributed by atoms with Crippen LogP contribution in [0.5, 0.6) is 11.5 Å². The van der Waals surface area contributed by atoms with Crippen LogP contribution >= 0.6 is 0 Å². The number of carbonyl (C=O) groups is 2. The number of hydrogen-bond donors (Lipinski definition) is 1. The van der Waals surface area contributed by atoms with Crippen molar-refractivity contribution >= 4 is 17.6 Å². The van der Waals surface area contributed by atoms with Crippen molar-refractivity contribution in [2.45, 2.75) is 26.3 Å². The van der Waals surface area contributed by atoms with Crippen molar-refractivity contribution in [3.63, 3.8) is 0 Å². The summed E-state index contributed by atoms with van der Waals surface area (Å²) in [5, 5.41) is 14.1. The lowest BCUT2D eigenvalue weighted by Crippen LogP contribution is -2.32. The molecule has 9 heteroatoms. The molecule has 0 aliphatic carbocycles. The minimum absolute atomic E-state index is 0.186. The smallest absolute Gasteiger partial charge is 0.345 e. The fraction of sp³-hybridized carbons (Fsp3) is 0.333. The normalized spacial score (nSPS) is 13.3. The van der Waals surface area contributed by atoms with Gasteiger partial charge in [-0.2, -0.15) is 0 Å². The first-order valence-corrected chi connectivity index (χ1v) is 9.50. The second kappa shape index (κ2) is 9.25. The summed E-state index contributed by atoms with van der Waals surface area (Å²) in [6, 6.07) is 9.84. The number of nitro groups is 1. The topological polar surface area (TPSA) is 117 Å². The van der Waals surface area contributed by atoms with Crippen molar-refractivity contribution in [1.82, 2.24) is 5.32 Å². The molecule has 1 heterocycles. The summed E-state index contributed by atoms with van der Waals surface area (Å²) < 4.78 is 15.7. The van der Waals surface area contributed by atoms with Crippen molar-refractivity contribution < 1.29 is 28.7 Å². The van der Waals surface area contributed by atoms with E-state index in [0.29, 0.717) is 6.42 Å². The Labute approximate surface area is 173 Å². The highest BCUT2D eigenvalue weighted by molar-refractivity contribution is 5.96. The van der Waals surface area contributed by atoms with Gasteiger partial charge in [0.2, 0.25) is 0 Å². The van der Waals surface area contributed by atoms with Crippen LogP contribution < -0.4 is 14.8 Å². The van der Waals surface area contributed by atoms with Crippen LogP contribution in [0.25, 0.3) is 0 Å². The Balaban J connectivity index is 1.66. The minimum Gasteiger partial charge on any atom is -0.486 e. The van der Waals surface area contributed by atoms with Gasteiger partial charge in [0.05, 0.1) is 17.0 Å². The molecule has 158 valence electrons. The first-order valence-electron chi connectivity index (χ1n) is 9.50. The van der Waals surface area contributed by atoms with Crippen LogP contribution in [0.1, 0.15) is 40.9 Å². The fourth-order valence-corrected chi connectivity index (χ4v) is 3.06. The van der Waals surface area contributed by atoms with Gasteiger partial charge in [-0.3, -0.25) is 14.9 Å². The molecule has 0 bridgehead atoms. The number of aryl methyl sites for hydroxylation is 1. The number of carbonyl (C=O) groups excluding carboxylic acids is 2. The molecule has 0 saturated heterocycles. The lowest BCUT2D eigenvalue weighted by molar-refractivity contribution is -0.385. The zero-order chi connectivity index (χ0) is 21.7.